The highest BCUT2D eigenvalue weighted by molar-refractivity contribution is 5.91. The van der Waals surface area contributed by atoms with E-state index >= 15 is 0 Å². The molecule has 8 heteroatoms. The van der Waals surface area contributed by atoms with E-state index in [1.807, 2.05) is 13.0 Å². The lowest BCUT2D eigenvalue weighted by molar-refractivity contribution is -0.117. The van der Waals surface area contributed by atoms with Gasteiger partial charge in [0.1, 0.15) is 5.76 Å². The summed E-state index contributed by atoms with van der Waals surface area (Å²) in [5, 5.41) is 6.54. The van der Waals surface area contributed by atoms with Crippen LogP contribution in [0.15, 0.2) is 16.7 Å². The van der Waals surface area contributed by atoms with Crippen LogP contribution in [0.3, 0.4) is 0 Å². The van der Waals surface area contributed by atoms with Crippen LogP contribution in [0.25, 0.3) is 0 Å². The first-order chi connectivity index (χ1) is 12.4. The van der Waals surface area contributed by atoms with E-state index in [-0.39, 0.29) is 5.91 Å². The van der Waals surface area contributed by atoms with Crippen LogP contribution in [0.2, 0.25) is 0 Å². The molecule has 2 aromatic rings. The summed E-state index contributed by atoms with van der Waals surface area (Å²) in [6.45, 7) is 11.6. The molecule has 1 N–H and O–H groups in total. The molecule has 140 valence electrons. The van der Waals surface area contributed by atoms with Gasteiger partial charge >= 0.3 is 0 Å². The predicted molar refractivity (Wildman–Crippen MR) is 99.4 cm³/mol. The molecule has 2 aromatic heterocycles. The maximum atomic E-state index is 12.1. The molecule has 0 saturated carbocycles. The topological polar surface area (TPSA) is 87.4 Å². The van der Waals surface area contributed by atoms with Crippen LogP contribution >= 0.6 is 0 Å². The van der Waals surface area contributed by atoms with E-state index in [1.165, 1.54) is 0 Å². The Kier molecular flexibility index (Phi) is 5.51. The summed E-state index contributed by atoms with van der Waals surface area (Å²) in [6.07, 6.45) is 0. The molecule has 0 aromatic carbocycles. The number of amides is 1. The van der Waals surface area contributed by atoms with Crippen molar-refractivity contribution in [2.75, 3.05) is 42.9 Å². The number of nitrogens with zero attached hydrogens (tertiary/aromatic N) is 5. The summed E-state index contributed by atoms with van der Waals surface area (Å²) in [5.74, 6) is 2.21. The van der Waals surface area contributed by atoms with Crippen molar-refractivity contribution in [3.63, 3.8) is 0 Å². The number of hydrogen-bond acceptors (Lipinski definition) is 7. The Morgan fingerprint density at radius 3 is 2.54 bits per heavy atom. The zero-order valence-electron chi connectivity index (χ0n) is 15.8. The van der Waals surface area contributed by atoms with Crippen LogP contribution in [0, 0.1) is 13.8 Å². The van der Waals surface area contributed by atoms with Crippen LogP contribution in [-0.2, 0) is 4.79 Å². The molecule has 3 heterocycles. The molecule has 1 amide bonds. The Balaban J connectivity index is 1.53. The zero-order chi connectivity index (χ0) is 18.7. The van der Waals surface area contributed by atoms with Crippen LogP contribution in [0.4, 0.5) is 11.8 Å². The number of carbonyl (C=O) groups excluding carboxylic acids is 1. The van der Waals surface area contributed by atoms with E-state index in [0.717, 1.165) is 43.5 Å². The molecule has 1 fully saturated rings. The normalized spacial score (nSPS) is 15.5. The van der Waals surface area contributed by atoms with E-state index in [0.29, 0.717) is 24.0 Å². The number of anilines is 2. The zero-order valence-corrected chi connectivity index (χ0v) is 15.8. The third-order valence-corrected chi connectivity index (χ3v) is 4.37. The molecule has 1 aliphatic heterocycles. The van der Waals surface area contributed by atoms with E-state index < -0.39 is 0 Å². The standard InChI is InChI=1S/C18H26N6O2/c1-12(2)15-9-13(3)19-18(20-15)24-7-5-23(6-8-24)11-17(25)21-16-10-14(4)26-22-16/h9-10,12H,5-8,11H2,1-4H3,(H,21,22,25). The Hall–Kier alpha value is -2.48. The van der Waals surface area contributed by atoms with E-state index in [4.69, 9.17) is 9.51 Å². The van der Waals surface area contributed by atoms with Crippen molar-refractivity contribution < 1.29 is 9.32 Å². The average molecular weight is 358 g/mol. The lowest BCUT2D eigenvalue weighted by atomic mass is 10.1. The quantitative estimate of drug-likeness (QED) is 0.874. The van der Waals surface area contributed by atoms with Crippen molar-refractivity contribution in [2.24, 2.45) is 0 Å². The Bertz CT molecular complexity index is 765. The Morgan fingerprint density at radius 2 is 1.92 bits per heavy atom. The second kappa shape index (κ2) is 7.82. The molecule has 0 aliphatic carbocycles. The molecular weight excluding hydrogens is 332 g/mol. The minimum Gasteiger partial charge on any atom is -0.360 e. The number of aromatic nitrogens is 3. The van der Waals surface area contributed by atoms with Crippen molar-refractivity contribution >= 4 is 17.7 Å². The van der Waals surface area contributed by atoms with Crippen molar-refractivity contribution in [3.8, 4) is 0 Å². The monoisotopic (exact) mass is 358 g/mol. The maximum Gasteiger partial charge on any atom is 0.239 e. The van der Waals surface area contributed by atoms with E-state index in [1.54, 1.807) is 13.0 Å². The van der Waals surface area contributed by atoms with Gasteiger partial charge in [-0.15, -0.1) is 0 Å². The predicted octanol–water partition coefficient (Wildman–Crippen LogP) is 1.97. The van der Waals surface area contributed by atoms with Gasteiger partial charge in [0.15, 0.2) is 5.82 Å². The average Bonchev–Trinajstić information content (AvgIpc) is 2.99. The first-order valence-corrected chi connectivity index (χ1v) is 8.97. The van der Waals surface area contributed by atoms with Gasteiger partial charge in [-0.05, 0) is 25.8 Å². The number of aryl methyl sites for hydroxylation is 2. The highest BCUT2D eigenvalue weighted by atomic mass is 16.5. The molecular formula is C18H26N6O2. The fraction of sp³-hybridized carbons (Fsp3) is 0.556. The number of nitrogens with one attached hydrogen (secondary N) is 1. The second-order valence-electron chi connectivity index (χ2n) is 7.02. The molecule has 0 radical (unpaired) electrons. The molecule has 1 aliphatic rings. The summed E-state index contributed by atoms with van der Waals surface area (Å²) in [5.41, 5.74) is 2.06. The minimum absolute atomic E-state index is 0.0827. The number of hydrogen-bond donors (Lipinski definition) is 1. The third kappa shape index (κ3) is 4.57. The SMILES string of the molecule is Cc1cc(C(C)C)nc(N2CCN(CC(=O)Nc3cc(C)on3)CC2)n1. The molecule has 0 bridgehead atoms. The lowest BCUT2D eigenvalue weighted by Crippen LogP contribution is -2.49. The Labute approximate surface area is 153 Å². The van der Waals surface area contributed by atoms with Gasteiger partial charge in [-0.1, -0.05) is 19.0 Å². The molecule has 0 spiro atoms. The summed E-state index contributed by atoms with van der Waals surface area (Å²) in [6, 6.07) is 3.75. The fourth-order valence-corrected chi connectivity index (χ4v) is 2.93. The first kappa shape index (κ1) is 18.3. The maximum absolute atomic E-state index is 12.1. The smallest absolute Gasteiger partial charge is 0.239 e. The number of carbonyl (C=O) groups is 1. The summed E-state index contributed by atoms with van der Waals surface area (Å²) >= 11 is 0. The minimum atomic E-state index is -0.0827. The van der Waals surface area contributed by atoms with Gasteiger partial charge < -0.3 is 14.7 Å². The molecule has 8 nitrogen and oxygen atoms in total. The largest absolute Gasteiger partial charge is 0.360 e. The highest BCUT2D eigenvalue weighted by Crippen LogP contribution is 2.18. The summed E-state index contributed by atoms with van der Waals surface area (Å²) < 4.78 is 4.96. The first-order valence-electron chi connectivity index (χ1n) is 8.97. The molecule has 0 atom stereocenters. The van der Waals surface area contributed by atoms with Crippen molar-refractivity contribution in [1.29, 1.82) is 0 Å². The van der Waals surface area contributed by atoms with E-state index in [9.17, 15) is 4.79 Å². The van der Waals surface area contributed by atoms with Gasteiger partial charge in [-0.3, -0.25) is 9.69 Å². The van der Waals surface area contributed by atoms with Crippen LogP contribution in [0.5, 0.6) is 0 Å². The molecule has 3 rings (SSSR count). The molecule has 0 unspecified atom stereocenters. The van der Waals surface area contributed by atoms with Crippen LogP contribution in [0.1, 0.15) is 36.9 Å². The van der Waals surface area contributed by atoms with Crippen molar-refractivity contribution in [2.45, 2.75) is 33.6 Å². The van der Waals surface area contributed by atoms with Gasteiger partial charge in [0.05, 0.1) is 6.54 Å². The third-order valence-electron chi connectivity index (χ3n) is 4.37. The number of rotatable bonds is 5. The number of piperazine rings is 1. The van der Waals surface area contributed by atoms with Gasteiger partial charge in [0, 0.05) is 43.6 Å². The van der Waals surface area contributed by atoms with Gasteiger partial charge in [0.2, 0.25) is 11.9 Å². The summed E-state index contributed by atoms with van der Waals surface area (Å²) in [7, 11) is 0. The van der Waals surface area contributed by atoms with Crippen LogP contribution in [-0.4, -0.2) is 58.7 Å². The molecule has 1 saturated heterocycles. The van der Waals surface area contributed by atoms with Crippen LogP contribution < -0.4 is 10.2 Å². The van der Waals surface area contributed by atoms with Crippen molar-refractivity contribution in [1.82, 2.24) is 20.0 Å². The lowest BCUT2D eigenvalue weighted by Gasteiger charge is -2.34. The van der Waals surface area contributed by atoms with Gasteiger partial charge in [-0.2, -0.15) is 0 Å². The second-order valence-corrected chi connectivity index (χ2v) is 7.02. The Morgan fingerprint density at radius 1 is 1.19 bits per heavy atom. The van der Waals surface area contributed by atoms with Gasteiger partial charge in [-0.25, -0.2) is 9.97 Å². The van der Waals surface area contributed by atoms with E-state index in [2.05, 4.69) is 39.1 Å². The van der Waals surface area contributed by atoms with Crippen molar-refractivity contribution in [3.05, 3.63) is 29.3 Å². The molecule has 26 heavy (non-hydrogen) atoms. The highest BCUT2D eigenvalue weighted by Gasteiger charge is 2.22. The summed E-state index contributed by atoms with van der Waals surface area (Å²) in [4.78, 5) is 25.7. The van der Waals surface area contributed by atoms with Gasteiger partial charge in [0.25, 0.3) is 0 Å². The fourth-order valence-electron chi connectivity index (χ4n) is 2.93.